The molecule has 40 heavy (non-hydrogen) atoms. The lowest BCUT2D eigenvalue weighted by Crippen LogP contribution is -2.50. The molecule has 0 bridgehead atoms. The molecule has 2 aromatic carbocycles. The van der Waals surface area contributed by atoms with Gasteiger partial charge in [0, 0.05) is 49.2 Å². The van der Waals surface area contributed by atoms with Crippen LogP contribution >= 0.6 is 22.9 Å². The lowest BCUT2D eigenvalue weighted by molar-refractivity contribution is 0.0240. The fraction of sp³-hybridized carbons (Fsp3) is 0.321. The van der Waals surface area contributed by atoms with Gasteiger partial charge in [-0.1, -0.05) is 23.2 Å². The zero-order valence-electron chi connectivity index (χ0n) is 22.5. The van der Waals surface area contributed by atoms with E-state index in [0.717, 1.165) is 16.5 Å². The van der Waals surface area contributed by atoms with E-state index in [-0.39, 0.29) is 11.1 Å². The Bertz CT molecular complexity index is 1740. The van der Waals surface area contributed by atoms with Crippen LogP contribution in [0, 0.1) is 12.7 Å². The second-order valence-electron chi connectivity index (χ2n) is 10.7. The van der Waals surface area contributed by atoms with Crippen molar-refractivity contribution >= 4 is 56.8 Å². The van der Waals surface area contributed by atoms with Crippen LogP contribution in [-0.4, -0.2) is 67.5 Å². The number of aryl methyl sites for hydroxylation is 1. The van der Waals surface area contributed by atoms with Gasteiger partial charge in [-0.2, -0.15) is 5.10 Å². The number of hydrogen-bond donors (Lipinski definition) is 0. The number of amides is 1. The van der Waals surface area contributed by atoms with Crippen molar-refractivity contribution in [3.63, 3.8) is 0 Å². The Kier molecular flexibility index (Phi) is 6.58. The van der Waals surface area contributed by atoms with Crippen LogP contribution in [-0.2, 0) is 4.74 Å². The molecule has 0 spiro atoms. The first-order chi connectivity index (χ1) is 19.1. The third-order valence-electron chi connectivity index (χ3n) is 6.63. The minimum Gasteiger partial charge on any atom is -0.444 e. The van der Waals surface area contributed by atoms with Crippen molar-refractivity contribution < 1.29 is 13.9 Å². The van der Waals surface area contributed by atoms with Crippen molar-refractivity contribution in [1.29, 1.82) is 0 Å². The number of benzene rings is 2. The third-order valence-corrected chi connectivity index (χ3v) is 7.77. The van der Waals surface area contributed by atoms with E-state index in [9.17, 15) is 4.79 Å². The molecule has 1 fully saturated rings. The highest BCUT2D eigenvalue weighted by Gasteiger charge is 2.29. The second kappa shape index (κ2) is 9.97. The molecule has 0 aliphatic carbocycles. The number of thiazole rings is 1. The number of ether oxygens (including phenoxy) is 1. The van der Waals surface area contributed by atoms with Gasteiger partial charge in [-0.3, -0.25) is 0 Å². The number of carbonyl (C=O) groups is 1. The van der Waals surface area contributed by atoms with E-state index in [1.165, 1.54) is 17.4 Å². The number of nitrogens with zero attached hydrogens (tertiary/aromatic N) is 7. The van der Waals surface area contributed by atoms with Crippen molar-refractivity contribution in [1.82, 2.24) is 29.6 Å². The van der Waals surface area contributed by atoms with Crippen molar-refractivity contribution in [3.05, 3.63) is 58.4 Å². The maximum absolute atomic E-state index is 15.4. The van der Waals surface area contributed by atoms with Gasteiger partial charge in [0.05, 0.1) is 28.3 Å². The highest BCUT2D eigenvalue weighted by molar-refractivity contribution is 7.13. The van der Waals surface area contributed by atoms with E-state index >= 15 is 4.39 Å². The molecule has 1 aliphatic heterocycles. The Morgan fingerprint density at radius 2 is 1.90 bits per heavy atom. The molecule has 6 rings (SSSR count). The number of fused-ring (bicyclic) bond motifs is 2. The highest BCUT2D eigenvalue weighted by Crippen LogP contribution is 2.39. The molecule has 1 aliphatic rings. The summed E-state index contributed by atoms with van der Waals surface area (Å²) in [5.74, 6) is -0.181. The predicted molar refractivity (Wildman–Crippen MR) is 155 cm³/mol. The van der Waals surface area contributed by atoms with Gasteiger partial charge in [0.15, 0.2) is 0 Å². The molecule has 0 atom stereocenters. The molecule has 1 saturated heterocycles. The summed E-state index contributed by atoms with van der Waals surface area (Å²) in [7, 11) is 0. The van der Waals surface area contributed by atoms with Gasteiger partial charge in [-0.25, -0.2) is 28.8 Å². The zero-order chi connectivity index (χ0) is 28.2. The van der Waals surface area contributed by atoms with E-state index < -0.39 is 11.4 Å². The van der Waals surface area contributed by atoms with Crippen molar-refractivity contribution in [3.8, 4) is 16.4 Å². The molecule has 3 aromatic heterocycles. The lowest BCUT2D eigenvalue weighted by Gasteiger charge is -2.35. The van der Waals surface area contributed by atoms with Crippen molar-refractivity contribution in [2.24, 2.45) is 0 Å². The Labute approximate surface area is 239 Å². The average Bonchev–Trinajstić information content (AvgIpc) is 3.58. The van der Waals surface area contributed by atoms with Gasteiger partial charge in [0.2, 0.25) is 5.95 Å². The Hall–Kier alpha value is -3.83. The zero-order valence-corrected chi connectivity index (χ0v) is 24.1. The van der Waals surface area contributed by atoms with Crippen molar-refractivity contribution in [2.45, 2.75) is 33.3 Å². The van der Waals surface area contributed by atoms with Gasteiger partial charge in [0.25, 0.3) is 0 Å². The number of anilines is 1. The molecular formula is C28H27ClFN7O2S. The molecule has 1 amide bonds. The number of halogens is 2. The van der Waals surface area contributed by atoms with E-state index in [1.54, 1.807) is 22.0 Å². The van der Waals surface area contributed by atoms with Crippen LogP contribution in [0.25, 0.3) is 38.2 Å². The van der Waals surface area contributed by atoms with Gasteiger partial charge in [-0.15, -0.1) is 11.3 Å². The summed E-state index contributed by atoms with van der Waals surface area (Å²) < 4.78 is 22.5. The summed E-state index contributed by atoms with van der Waals surface area (Å²) >= 11 is 8.06. The Morgan fingerprint density at radius 1 is 1.12 bits per heavy atom. The fourth-order valence-electron chi connectivity index (χ4n) is 4.79. The average molecular weight is 580 g/mol. The largest absolute Gasteiger partial charge is 0.444 e. The molecule has 5 aromatic rings. The smallest absolute Gasteiger partial charge is 0.410 e. The quantitative estimate of drug-likeness (QED) is 0.249. The van der Waals surface area contributed by atoms with Gasteiger partial charge in [-0.05, 0) is 39.8 Å². The predicted octanol–water partition coefficient (Wildman–Crippen LogP) is 6.25. The number of rotatable bonds is 3. The van der Waals surface area contributed by atoms with E-state index in [1.807, 2.05) is 56.2 Å². The first-order valence-electron chi connectivity index (χ1n) is 12.9. The van der Waals surface area contributed by atoms with Gasteiger partial charge < -0.3 is 14.5 Å². The number of carbonyl (C=O) groups excluding carboxylic acids is 1. The van der Waals surface area contributed by atoms with Gasteiger partial charge >= 0.3 is 6.09 Å². The third kappa shape index (κ3) is 4.84. The van der Waals surface area contributed by atoms with Crippen LogP contribution in [0.5, 0.6) is 0 Å². The van der Waals surface area contributed by atoms with Crippen LogP contribution in [0.15, 0.2) is 42.0 Å². The Morgan fingerprint density at radius 3 is 2.60 bits per heavy atom. The molecule has 0 saturated carbocycles. The molecule has 9 nitrogen and oxygen atoms in total. The van der Waals surface area contributed by atoms with Crippen LogP contribution in [0.4, 0.5) is 15.1 Å². The highest BCUT2D eigenvalue weighted by atomic mass is 35.5. The number of hydrogen-bond acceptors (Lipinski definition) is 8. The van der Waals surface area contributed by atoms with E-state index in [0.29, 0.717) is 59.4 Å². The van der Waals surface area contributed by atoms with Crippen LogP contribution < -0.4 is 4.90 Å². The standard InChI is InChI=1S/C28H27ClFN7O2S/c1-16-5-6-20-17(13-16)15-32-37(20)24-21-19(14-18(30)22(24)29)33-26(34-23(21)25-31-7-12-40-25)35-8-10-36(11-9-35)27(38)39-28(2,3)4/h5-7,12-15H,8-11H2,1-4H3. The van der Waals surface area contributed by atoms with Crippen molar-refractivity contribution in [2.75, 3.05) is 31.1 Å². The maximum Gasteiger partial charge on any atom is 0.410 e. The minimum atomic E-state index is -0.607. The lowest BCUT2D eigenvalue weighted by atomic mass is 10.1. The summed E-state index contributed by atoms with van der Waals surface area (Å²) in [4.78, 5) is 30.4. The SMILES string of the molecule is Cc1ccc2c(cnn2-c2c(Cl)c(F)cc3nc(N4CCN(C(=O)OC(C)(C)C)CC4)nc(-c4nccs4)c23)c1. The first kappa shape index (κ1) is 26.4. The summed E-state index contributed by atoms with van der Waals surface area (Å²) in [6.07, 6.45) is 3.08. The minimum absolute atomic E-state index is 0.0711. The number of piperazine rings is 1. The second-order valence-corrected chi connectivity index (χ2v) is 12.0. The molecule has 4 heterocycles. The normalized spacial score (nSPS) is 14.3. The molecule has 206 valence electrons. The molecule has 0 radical (unpaired) electrons. The summed E-state index contributed by atoms with van der Waals surface area (Å²) in [5.41, 5.74) is 2.59. The number of aromatic nitrogens is 5. The fourth-order valence-corrected chi connectivity index (χ4v) is 5.65. The summed E-state index contributed by atoms with van der Waals surface area (Å²) in [6, 6.07) is 7.26. The molecule has 0 unspecified atom stereocenters. The van der Waals surface area contributed by atoms with Crippen LogP contribution in [0.1, 0.15) is 26.3 Å². The summed E-state index contributed by atoms with van der Waals surface area (Å²) in [6.45, 7) is 9.42. The summed E-state index contributed by atoms with van der Waals surface area (Å²) in [5, 5.41) is 8.48. The monoisotopic (exact) mass is 579 g/mol. The topological polar surface area (TPSA) is 89.3 Å². The molecule has 0 N–H and O–H groups in total. The van der Waals surface area contributed by atoms with E-state index in [4.69, 9.17) is 26.3 Å². The molecular weight excluding hydrogens is 553 g/mol. The first-order valence-corrected chi connectivity index (χ1v) is 14.1. The molecule has 12 heteroatoms. The van der Waals surface area contributed by atoms with Crippen LogP contribution in [0.2, 0.25) is 5.02 Å². The van der Waals surface area contributed by atoms with E-state index in [2.05, 4.69) is 10.1 Å². The Balaban J connectivity index is 1.46. The van der Waals surface area contributed by atoms with Gasteiger partial charge in [0.1, 0.15) is 27.1 Å². The van der Waals surface area contributed by atoms with Crippen LogP contribution in [0.3, 0.4) is 0 Å². The maximum atomic E-state index is 15.4.